The van der Waals surface area contributed by atoms with E-state index in [4.69, 9.17) is 5.10 Å². The quantitative estimate of drug-likeness (QED) is 0.148. The van der Waals surface area contributed by atoms with Crippen molar-refractivity contribution in [3.8, 4) is 45.0 Å². The van der Waals surface area contributed by atoms with Crippen molar-refractivity contribution in [1.29, 1.82) is 0 Å². The summed E-state index contributed by atoms with van der Waals surface area (Å²) in [4.78, 5) is 0. The van der Waals surface area contributed by atoms with E-state index in [0.29, 0.717) is 6.54 Å². The lowest BCUT2D eigenvalue weighted by molar-refractivity contribution is -0.736. The molecule has 0 saturated heterocycles. The Bertz CT molecular complexity index is 3560. The summed E-state index contributed by atoms with van der Waals surface area (Å²) < 4.78 is 7.06. The molecule has 0 unspecified atom stereocenters. The summed E-state index contributed by atoms with van der Waals surface area (Å²) in [6.45, 7) is 0.674. The van der Waals surface area contributed by atoms with Crippen molar-refractivity contribution in [2.45, 2.75) is 6.54 Å². The number of nitrogens with zero attached hydrogens (tertiary/aromatic N) is 4. The third-order valence-corrected chi connectivity index (χ3v) is 12.1. The second-order valence-electron chi connectivity index (χ2n) is 15.6. The van der Waals surface area contributed by atoms with E-state index in [1.807, 2.05) is 0 Å². The van der Waals surface area contributed by atoms with Gasteiger partial charge in [0, 0.05) is 44.0 Å². The predicted octanol–water partition coefficient (Wildman–Crippen LogP) is 13.3. The summed E-state index contributed by atoms with van der Waals surface area (Å²) in [6.07, 6.45) is 0. The van der Waals surface area contributed by atoms with Gasteiger partial charge in [0.2, 0.25) is 5.69 Å². The number of hydrogen-bond acceptors (Lipinski definition) is 0. The number of rotatable bonds is 7. The highest BCUT2D eigenvalue weighted by molar-refractivity contribution is 6.19. The summed E-state index contributed by atoms with van der Waals surface area (Å²) in [5.74, 6) is 0. The smallest absolute Gasteiger partial charge is 0.202 e. The standard InChI is InChI=1S/C56H38N4/c1-4-17-38(18-5-1)37-58-54(40-21-8-3-9-22-40)35-51(57-58)48-33-44(32-42-23-10-11-26-45(42)48)60-53-30-15-13-28-47(53)50-34-49-46-27-12-14-29-52(46)59(55(49)36-56(50)60)43-25-16-24-41(31-43)39-19-6-2-7-20-39/h1-36H,37H2. The molecule has 0 N–H and O–H groups in total. The van der Waals surface area contributed by atoms with Crippen LogP contribution in [0.25, 0.3) is 99.4 Å². The van der Waals surface area contributed by atoms with Crippen LogP contribution in [0.5, 0.6) is 0 Å². The molecule has 4 nitrogen and oxygen atoms in total. The van der Waals surface area contributed by atoms with Gasteiger partial charge >= 0.3 is 0 Å². The lowest BCUT2D eigenvalue weighted by Crippen LogP contribution is -2.40. The minimum atomic E-state index is 0.674. The molecule has 0 atom stereocenters. The van der Waals surface area contributed by atoms with Gasteiger partial charge in [0.15, 0.2) is 6.54 Å². The second kappa shape index (κ2) is 13.9. The Balaban J connectivity index is 1.11. The Kier molecular flexibility index (Phi) is 7.88. The monoisotopic (exact) mass is 766 g/mol. The topological polar surface area (TPSA) is 27.8 Å². The molecule has 0 radical (unpaired) electrons. The third-order valence-electron chi connectivity index (χ3n) is 12.1. The van der Waals surface area contributed by atoms with Crippen LogP contribution in [0.1, 0.15) is 5.56 Å². The Labute approximate surface area is 347 Å². The number of benzene rings is 9. The first-order valence-electron chi connectivity index (χ1n) is 20.6. The average molecular weight is 767 g/mol. The summed E-state index contributed by atoms with van der Waals surface area (Å²) in [5, 5.41) is 12.7. The molecular formula is C56H38N4. The van der Waals surface area contributed by atoms with Gasteiger partial charge in [0.25, 0.3) is 0 Å². The van der Waals surface area contributed by atoms with Gasteiger partial charge in [0.05, 0.1) is 22.1 Å². The van der Waals surface area contributed by atoms with Crippen LogP contribution in [-0.2, 0) is 6.54 Å². The molecule has 12 aromatic rings. The van der Waals surface area contributed by atoms with Crippen molar-refractivity contribution in [3.63, 3.8) is 0 Å². The molecule has 0 saturated carbocycles. The maximum atomic E-state index is 5.39. The fourth-order valence-electron chi connectivity index (χ4n) is 9.34. The van der Waals surface area contributed by atoms with Crippen LogP contribution in [0, 0.1) is 0 Å². The zero-order valence-corrected chi connectivity index (χ0v) is 32.8. The van der Waals surface area contributed by atoms with Gasteiger partial charge in [-0.15, -0.1) is 0 Å². The van der Waals surface area contributed by atoms with Crippen LogP contribution in [0.3, 0.4) is 0 Å². The molecular weight excluding hydrogens is 729 g/mol. The third kappa shape index (κ3) is 5.57. The molecule has 0 aliphatic carbocycles. The molecule has 0 spiro atoms. The van der Waals surface area contributed by atoms with Crippen LogP contribution < -0.4 is 9.78 Å². The Morgan fingerprint density at radius 2 is 0.933 bits per heavy atom. The molecule has 3 heterocycles. The van der Waals surface area contributed by atoms with Crippen LogP contribution in [0.15, 0.2) is 218 Å². The molecule has 9 aromatic carbocycles. The van der Waals surface area contributed by atoms with Crippen molar-refractivity contribution in [1.82, 2.24) is 14.2 Å². The summed E-state index contributed by atoms with van der Waals surface area (Å²) in [7, 11) is 0. The van der Waals surface area contributed by atoms with Gasteiger partial charge in [-0.1, -0.05) is 157 Å². The Hall–Kier alpha value is -7.95. The average Bonchev–Trinajstić information content (AvgIpc) is 3.98. The maximum absolute atomic E-state index is 5.39. The fourth-order valence-corrected chi connectivity index (χ4v) is 9.34. The van der Waals surface area contributed by atoms with Gasteiger partial charge in [-0.25, -0.2) is 0 Å². The van der Waals surface area contributed by atoms with Crippen molar-refractivity contribution in [2.24, 2.45) is 0 Å². The molecule has 0 aliphatic heterocycles. The highest BCUT2D eigenvalue weighted by Gasteiger charge is 2.20. The minimum Gasteiger partial charge on any atom is -0.409 e. The first-order chi connectivity index (χ1) is 29.7. The minimum absolute atomic E-state index is 0.674. The highest BCUT2D eigenvalue weighted by Crippen LogP contribution is 2.41. The molecule has 12 rings (SSSR count). The van der Waals surface area contributed by atoms with E-state index in [1.165, 1.54) is 65.6 Å². The maximum Gasteiger partial charge on any atom is 0.202 e. The second-order valence-corrected chi connectivity index (χ2v) is 15.6. The van der Waals surface area contributed by atoms with Crippen molar-refractivity contribution in [3.05, 3.63) is 224 Å². The molecule has 282 valence electrons. The van der Waals surface area contributed by atoms with E-state index in [1.54, 1.807) is 0 Å². The van der Waals surface area contributed by atoms with Crippen molar-refractivity contribution in [2.75, 3.05) is 0 Å². The summed E-state index contributed by atoms with van der Waals surface area (Å²) >= 11 is 0. The fraction of sp³-hybridized carbons (Fsp3) is 0.0179. The molecule has 3 aromatic heterocycles. The molecule has 4 heteroatoms. The zero-order chi connectivity index (χ0) is 39.6. The van der Waals surface area contributed by atoms with Crippen LogP contribution in [0.2, 0.25) is 0 Å². The van der Waals surface area contributed by atoms with Gasteiger partial charge in [-0.05, 0) is 94.2 Å². The lowest BCUT2D eigenvalue weighted by atomic mass is 10.00. The van der Waals surface area contributed by atoms with Crippen LogP contribution in [-0.4, -0.2) is 9.13 Å². The van der Waals surface area contributed by atoms with E-state index in [2.05, 4.69) is 232 Å². The van der Waals surface area contributed by atoms with Gasteiger partial charge in [-0.3, -0.25) is 4.68 Å². The number of aromatic nitrogens is 4. The molecule has 0 bridgehead atoms. The number of fused-ring (bicyclic) bond motifs is 7. The summed E-state index contributed by atoms with van der Waals surface area (Å²) in [6, 6.07) is 78.9. The molecule has 60 heavy (non-hydrogen) atoms. The Morgan fingerprint density at radius 3 is 1.63 bits per heavy atom. The van der Waals surface area contributed by atoms with E-state index in [9.17, 15) is 0 Å². The van der Waals surface area contributed by atoms with Crippen LogP contribution >= 0.6 is 0 Å². The van der Waals surface area contributed by atoms with E-state index in [0.717, 1.165) is 39.4 Å². The summed E-state index contributed by atoms with van der Waals surface area (Å²) in [5.41, 5.74) is 14.8. The predicted molar refractivity (Wildman–Crippen MR) is 248 cm³/mol. The first kappa shape index (κ1) is 34.1. The molecule has 0 amide bonds. The normalized spacial score (nSPS) is 11.7. The van der Waals surface area contributed by atoms with E-state index < -0.39 is 0 Å². The van der Waals surface area contributed by atoms with Crippen molar-refractivity contribution < 1.29 is 4.68 Å². The number of para-hydroxylation sites is 2. The number of hydrogen-bond donors (Lipinski definition) is 0. The van der Waals surface area contributed by atoms with Gasteiger partial charge in [0.1, 0.15) is 0 Å². The zero-order valence-electron chi connectivity index (χ0n) is 32.8. The van der Waals surface area contributed by atoms with Crippen LogP contribution in [0.4, 0.5) is 0 Å². The molecule has 0 aliphatic rings. The lowest BCUT2D eigenvalue weighted by Gasteiger charge is -2.15. The highest BCUT2D eigenvalue weighted by atomic mass is 15.3. The molecule has 0 fully saturated rings. The first-order valence-corrected chi connectivity index (χ1v) is 20.6. The van der Waals surface area contributed by atoms with E-state index in [-0.39, 0.29) is 0 Å². The van der Waals surface area contributed by atoms with Gasteiger partial charge < -0.3 is 14.2 Å². The Morgan fingerprint density at radius 1 is 0.367 bits per heavy atom. The largest absolute Gasteiger partial charge is 0.409 e. The van der Waals surface area contributed by atoms with Crippen molar-refractivity contribution >= 4 is 54.4 Å². The SMILES string of the molecule is c1ccc(C[n+]2[n-]c(-c3cc(-n4c5ccccc5c5cc6c7ccccc7n(-c7cccc(-c8ccccc8)c7)c6cc54)cc4ccccc34)cc2-c2ccccc2)cc1. The van der Waals surface area contributed by atoms with E-state index >= 15 is 0 Å². The van der Waals surface area contributed by atoms with Gasteiger partial charge in [-0.2, -0.15) is 0 Å².